The van der Waals surface area contributed by atoms with Crippen LogP contribution in [0.4, 0.5) is 5.82 Å². The zero-order chi connectivity index (χ0) is 11.8. The van der Waals surface area contributed by atoms with Crippen LogP contribution in [0.5, 0.6) is 0 Å². The number of fused-ring (bicyclic) bond motifs is 1. The van der Waals surface area contributed by atoms with Crippen LogP contribution in [0.1, 0.15) is 5.56 Å². The first-order valence-corrected chi connectivity index (χ1v) is 5.40. The molecule has 0 saturated heterocycles. The third-order valence-electron chi connectivity index (χ3n) is 2.84. The molecule has 2 aromatic heterocycles. The van der Waals surface area contributed by atoms with E-state index in [0.717, 1.165) is 22.0 Å². The van der Waals surface area contributed by atoms with Gasteiger partial charge < -0.3 is 5.73 Å². The number of benzene rings is 1. The topological polar surface area (TPSA) is 56.7 Å². The Bertz CT molecular complexity index is 660. The van der Waals surface area contributed by atoms with Crippen LogP contribution in [-0.2, 0) is 0 Å². The van der Waals surface area contributed by atoms with Gasteiger partial charge in [-0.1, -0.05) is 12.1 Å². The summed E-state index contributed by atoms with van der Waals surface area (Å²) in [5.74, 6) is 0.566. The van der Waals surface area contributed by atoms with E-state index in [0.29, 0.717) is 5.82 Å². The van der Waals surface area contributed by atoms with Crippen molar-refractivity contribution in [2.75, 3.05) is 5.73 Å². The van der Waals surface area contributed by atoms with Gasteiger partial charge in [-0.15, -0.1) is 0 Å². The number of pyridine rings is 1. The van der Waals surface area contributed by atoms with Crippen molar-refractivity contribution in [2.45, 2.75) is 6.92 Å². The first-order valence-electron chi connectivity index (χ1n) is 5.40. The Morgan fingerprint density at radius 3 is 2.88 bits per heavy atom. The molecular formula is C13H12N4. The molecule has 0 unspecified atom stereocenters. The second kappa shape index (κ2) is 3.59. The van der Waals surface area contributed by atoms with Crippen molar-refractivity contribution in [3.63, 3.8) is 0 Å². The summed E-state index contributed by atoms with van der Waals surface area (Å²) in [7, 11) is 0. The van der Waals surface area contributed by atoms with Crippen LogP contribution in [0.2, 0.25) is 0 Å². The fraction of sp³-hybridized carbons (Fsp3) is 0.0769. The fourth-order valence-electron chi connectivity index (χ4n) is 1.90. The van der Waals surface area contributed by atoms with E-state index in [1.165, 1.54) is 0 Å². The van der Waals surface area contributed by atoms with Gasteiger partial charge in [0, 0.05) is 34.9 Å². The summed E-state index contributed by atoms with van der Waals surface area (Å²) in [5.41, 5.74) is 7.78. The third-order valence-corrected chi connectivity index (χ3v) is 2.84. The SMILES string of the molecule is Cc1cn(-c2cccc3cnccc23)nc1N. The molecule has 0 bridgehead atoms. The fourth-order valence-corrected chi connectivity index (χ4v) is 1.90. The highest BCUT2D eigenvalue weighted by atomic mass is 15.3. The minimum atomic E-state index is 0.566. The second-order valence-corrected chi connectivity index (χ2v) is 4.02. The first kappa shape index (κ1) is 9.84. The lowest BCUT2D eigenvalue weighted by Crippen LogP contribution is -1.97. The Kier molecular flexibility index (Phi) is 2.08. The largest absolute Gasteiger partial charge is 0.382 e. The molecule has 4 heteroatoms. The van der Waals surface area contributed by atoms with Gasteiger partial charge in [0.1, 0.15) is 5.82 Å². The van der Waals surface area contributed by atoms with Gasteiger partial charge in [0.15, 0.2) is 0 Å². The van der Waals surface area contributed by atoms with E-state index in [9.17, 15) is 0 Å². The number of hydrogen-bond donors (Lipinski definition) is 1. The van der Waals surface area contributed by atoms with E-state index in [4.69, 9.17) is 5.73 Å². The molecule has 0 amide bonds. The summed E-state index contributed by atoms with van der Waals surface area (Å²) < 4.78 is 1.81. The predicted molar refractivity (Wildman–Crippen MR) is 68.0 cm³/mol. The Hall–Kier alpha value is -2.36. The van der Waals surface area contributed by atoms with Gasteiger partial charge >= 0.3 is 0 Å². The van der Waals surface area contributed by atoms with E-state index in [2.05, 4.69) is 10.1 Å². The smallest absolute Gasteiger partial charge is 0.148 e. The van der Waals surface area contributed by atoms with Crippen molar-refractivity contribution in [1.82, 2.24) is 14.8 Å². The summed E-state index contributed by atoms with van der Waals surface area (Å²) in [4.78, 5) is 4.12. The van der Waals surface area contributed by atoms with Crippen LogP contribution in [0, 0.1) is 6.92 Å². The van der Waals surface area contributed by atoms with Crippen LogP contribution in [-0.4, -0.2) is 14.8 Å². The molecule has 4 nitrogen and oxygen atoms in total. The summed E-state index contributed by atoms with van der Waals surface area (Å²) in [6.07, 6.45) is 5.56. The number of nitrogens with two attached hydrogens (primary N) is 1. The first-order chi connectivity index (χ1) is 8.25. The lowest BCUT2D eigenvalue weighted by molar-refractivity contribution is 0.892. The number of nitrogen functional groups attached to an aromatic ring is 1. The normalized spacial score (nSPS) is 10.9. The third kappa shape index (κ3) is 1.54. The minimum Gasteiger partial charge on any atom is -0.382 e. The average molecular weight is 224 g/mol. The molecule has 0 aliphatic heterocycles. The molecule has 0 aliphatic rings. The maximum atomic E-state index is 5.78. The zero-order valence-corrected chi connectivity index (χ0v) is 9.46. The minimum absolute atomic E-state index is 0.566. The van der Waals surface area contributed by atoms with E-state index in [1.54, 1.807) is 6.20 Å². The molecule has 1 aromatic carbocycles. The number of rotatable bonds is 1. The lowest BCUT2D eigenvalue weighted by Gasteiger charge is -2.05. The van der Waals surface area contributed by atoms with E-state index >= 15 is 0 Å². The molecule has 84 valence electrons. The lowest BCUT2D eigenvalue weighted by atomic mass is 10.1. The van der Waals surface area contributed by atoms with Crippen molar-refractivity contribution in [1.29, 1.82) is 0 Å². The highest BCUT2D eigenvalue weighted by molar-refractivity contribution is 5.89. The highest BCUT2D eigenvalue weighted by Gasteiger charge is 2.06. The van der Waals surface area contributed by atoms with Crippen molar-refractivity contribution in [3.05, 3.63) is 48.4 Å². The summed E-state index contributed by atoms with van der Waals surface area (Å²) in [6.45, 7) is 1.95. The number of aryl methyl sites for hydroxylation is 1. The van der Waals surface area contributed by atoms with Gasteiger partial charge in [-0.05, 0) is 19.1 Å². The Morgan fingerprint density at radius 2 is 2.12 bits per heavy atom. The maximum Gasteiger partial charge on any atom is 0.148 e. The quantitative estimate of drug-likeness (QED) is 0.690. The molecule has 0 radical (unpaired) electrons. The highest BCUT2D eigenvalue weighted by Crippen LogP contribution is 2.22. The van der Waals surface area contributed by atoms with Crippen LogP contribution < -0.4 is 5.73 Å². The van der Waals surface area contributed by atoms with Gasteiger partial charge in [-0.3, -0.25) is 4.98 Å². The van der Waals surface area contributed by atoms with Crippen LogP contribution >= 0.6 is 0 Å². The van der Waals surface area contributed by atoms with E-state index < -0.39 is 0 Å². The van der Waals surface area contributed by atoms with Crippen molar-refractivity contribution >= 4 is 16.6 Å². The Balaban J connectivity index is 2.30. The van der Waals surface area contributed by atoms with E-state index in [-0.39, 0.29) is 0 Å². The monoisotopic (exact) mass is 224 g/mol. The number of anilines is 1. The van der Waals surface area contributed by atoms with Crippen molar-refractivity contribution in [2.24, 2.45) is 0 Å². The molecule has 2 heterocycles. The zero-order valence-electron chi connectivity index (χ0n) is 9.46. The molecule has 17 heavy (non-hydrogen) atoms. The van der Waals surface area contributed by atoms with Gasteiger partial charge in [0.05, 0.1) is 5.69 Å². The van der Waals surface area contributed by atoms with Crippen LogP contribution in [0.15, 0.2) is 42.9 Å². The Labute approximate surface area is 98.7 Å². The molecule has 3 rings (SSSR count). The number of aromatic nitrogens is 3. The number of nitrogens with zero attached hydrogens (tertiary/aromatic N) is 3. The molecular weight excluding hydrogens is 212 g/mol. The number of hydrogen-bond acceptors (Lipinski definition) is 3. The van der Waals surface area contributed by atoms with Crippen molar-refractivity contribution in [3.8, 4) is 5.69 Å². The molecule has 0 atom stereocenters. The molecule has 0 fully saturated rings. The van der Waals surface area contributed by atoms with E-state index in [1.807, 2.05) is 48.3 Å². The molecule has 0 aliphatic carbocycles. The summed E-state index contributed by atoms with van der Waals surface area (Å²) in [6, 6.07) is 8.03. The van der Waals surface area contributed by atoms with Crippen molar-refractivity contribution < 1.29 is 0 Å². The average Bonchev–Trinajstić information content (AvgIpc) is 2.69. The summed E-state index contributed by atoms with van der Waals surface area (Å²) in [5, 5.41) is 6.51. The molecule has 2 N–H and O–H groups in total. The van der Waals surface area contributed by atoms with Gasteiger partial charge in [-0.25, -0.2) is 4.68 Å². The molecule has 0 spiro atoms. The van der Waals surface area contributed by atoms with Gasteiger partial charge in [-0.2, -0.15) is 5.10 Å². The Morgan fingerprint density at radius 1 is 1.24 bits per heavy atom. The maximum absolute atomic E-state index is 5.78. The van der Waals surface area contributed by atoms with Gasteiger partial charge in [0.2, 0.25) is 0 Å². The van der Waals surface area contributed by atoms with Crippen LogP contribution in [0.25, 0.3) is 16.5 Å². The second-order valence-electron chi connectivity index (χ2n) is 4.02. The predicted octanol–water partition coefficient (Wildman–Crippen LogP) is 2.31. The van der Waals surface area contributed by atoms with Crippen LogP contribution in [0.3, 0.4) is 0 Å². The standard InChI is InChI=1S/C13H12N4/c1-9-8-17(16-13(9)14)12-4-2-3-10-7-15-6-5-11(10)12/h2-8H,1H3,(H2,14,16). The molecule has 0 saturated carbocycles. The molecule has 3 aromatic rings. The van der Waals surface area contributed by atoms with Gasteiger partial charge in [0.25, 0.3) is 0 Å². The summed E-state index contributed by atoms with van der Waals surface area (Å²) >= 11 is 0.